The van der Waals surface area contributed by atoms with Gasteiger partial charge in [-0.3, -0.25) is 9.69 Å². The van der Waals surface area contributed by atoms with Crippen molar-refractivity contribution in [3.05, 3.63) is 71.7 Å². The summed E-state index contributed by atoms with van der Waals surface area (Å²) in [6, 6.07) is 16.5. The number of amides is 1. The predicted octanol–water partition coefficient (Wildman–Crippen LogP) is 3.92. The van der Waals surface area contributed by atoms with Crippen LogP contribution in [0.15, 0.2) is 54.7 Å². The summed E-state index contributed by atoms with van der Waals surface area (Å²) >= 11 is 0. The van der Waals surface area contributed by atoms with E-state index in [0.717, 1.165) is 35.9 Å². The number of aromatic amines is 1. The van der Waals surface area contributed by atoms with Crippen molar-refractivity contribution in [2.75, 3.05) is 25.1 Å². The average molecular weight is 390 g/mol. The Bertz CT molecular complexity index is 963. The molecule has 6 nitrogen and oxygen atoms in total. The lowest BCUT2D eigenvalue weighted by atomic mass is 10.1. The van der Waals surface area contributed by atoms with Crippen molar-refractivity contribution in [1.82, 2.24) is 14.9 Å². The fourth-order valence-corrected chi connectivity index (χ4v) is 3.60. The van der Waals surface area contributed by atoms with Gasteiger partial charge in [-0.05, 0) is 30.2 Å². The van der Waals surface area contributed by atoms with Crippen molar-refractivity contribution in [2.24, 2.45) is 0 Å². The highest BCUT2D eigenvalue weighted by Gasteiger charge is 2.27. The molecule has 0 aliphatic carbocycles. The molecule has 1 aliphatic rings. The second-order valence-corrected chi connectivity index (χ2v) is 7.49. The van der Waals surface area contributed by atoms with Crippen LogP contribution in [0.1, 0.15) is 29.9 Å². The number of nitrogens with zero attached hydrogens (tertiary/aromatic N) is 2. The highest BCUT2D eigenvalue weighted by atomic mass is 16.5. The van der Waals surface area contributed by atoms with Gasteiger partial charge in [0.2, 0.25) is 5.91 Å². The van der Waals surface area contributed by atoms with Gasteiger partial charge in [0.05, 0.1) is 31.1 Å². The molecule has 1 aromatic heterocycles. The van der Waals surface area contributed by atoms with Gasteiger partial charge in [0.25, 0.3) is 0 Å². The first-order valence-corrected chi connectivity index (χ1v) is 9.89. The van der Waals surface area contributed by atoms with E-state index in [9.17, 15) is 4.79 Å². The Morgan fingerprint density at radius 3 is 2.69 bits per heavy atom. The number of hydrogen-bond acceptors (Lipinski definition) is 4. The number of morpholine rings is 1. The van der Waals surface area contributed by atoms with Crippen molar-refractivity contribution in [3.63, 3.8) is 0 Å². The summed E-state index contributed by atoms with van der Waals surface area (Å²) in [4.78, 5) is 21.7. The van der Waals surface area contributed by atoms with E-state index in [1.165, 1.54) is 18.1 Å². The van der Waals surface area contributed by atoms with Crippen LogP contribution in [0.3, 0.4) is 0 Å². The zero-order valence-corrected chi connectivity index (χ0v) is 16.8. The number of nitrogens with one attached hydrogen (secondary N) is 2. The predicted molar refractivity (Wildman–Crippen MR) is 113 cm³/mol. The van der Waals surface area contributed by atoms with E-state index in [0.29, 0.717) is 13.2 Å². The second kappa shape index (κ2) is 8.59. The molecule has 1 aliphatic heterocycles. The Hall–Kier alpha value is -2.96. The molecule has 0 saturated carbocycles. The molecular weight excluding hydrogens is 364 g/mol. The summed E-state index contributed by atoms with van der Waals surface area (Å²) < 4.78 is 5.75. The molecular formula is C23H26N4O2. The maximum Gasteiger partial charge on any atom is 0.221 e. The van der Waals surface area contributed by atoms with E-state index >= 15 is 0 Å². The number of imidazole rings is 1. The van der Waals surface area contributed by atoms with Crippen LogP contribution in [-0.2, 0) is 16.1 Å². The van der Waals surface area contributed by atoms with E-state index in [-0.39, 0.29) is 11.9 Å². The minimum atomic E-state index is -0.0619. The Labute approximate surface area is 170 Å². The van der Waals surface area contributed by atoms with Gasteiger partial charge in [0, 0.05) is 25.7 Å². The average Bonchev–Trinajstić information content (AvgIpc) is 3.20. The number of aromatic nitrogens is 2. The Balaban J connectivity index is 1.49. The summed E-state index contributed by atoms with van der Waals surface area (Å²) in [6.45, 7) is 6.58. The normalized spacial score (nSPS) is 17.2. The lowest BCUT2D eigenvalue weighted by molar-refractivity contribution is -0.114. The maximum atomic E-state index is 11.2. The first kappa shape index (κ1) is 19.4. The summed E-state index contributed by atoms with van der Waals surface area (Å²) in [6.07, 6.45) is 1.90. The van der Waals surface area contributed by atoms with Gasteiger partial charge >= 0.3 is 0 Å². The number of ether oxygens (including phenoxy) is 1. The molecule has 1 fully saturated rings. The van der Waals surface area contributed by atoms with E-state index in [1.54, 1.807) is 0 Å². The number of carbonyl (C=O) groups is 1. The monoisotopic (exact) mass is 390 g/mol. The lowest BCUT2D eigenvalue weighted by Crippen LogP contribution is -2.39. The van der Waals surface area contributed by atoms with Crippen LogP contribution in [0.4, 0.5) is 5.69 Å². The zero-order chi connectivity index (χ0) is 20.2. The van der Waals surface area contributed by atoms with Crippen LogP contribution in [0.5, 0.6) is 0 Å². The molecule has 1 saturated heterocycles. The fraction of sp³-hybridized carbons (Fsp3) is 0.304. The summed E-state index contributed by atoms with van der Waals surface area (Å²) in [7, 11) is 0. The number of hydrogen-bond donors (Lipinski definition) is 2. The third kappa shape index (κ3) is 4.72. The molecule has 3 aromatic rings. The third-order valence-corrected chi connectivity index (χ3v) is 5.17. The van der Waals surface area contributed by atoms with E-state index < -0.39 is 0 Å². The van der Waals surface area contributed by atoms with Gasteiger partial charge in [-0.25, -0.2) is 4.98 Å². The highest BCUT2D eigenvalue weighted by molar-refractivity contribution is 5.88. The van der Waals surface area contributed by atoms with Crippen molar-refractivity contribution in [3.8, 4) is 11.3 Å². The molecule has 2 aromatic carbocycles. The van der Waals surface area contributed by atoms with Gasteiger partial charge in [0.15, 0.2) is 0 Å². The van der Waals surface area contributed by atoms with Crippen LogP contribution in [0.2, 0.25) is 0 Å². The number of benzene rings is 2. The summed E-state index contributed by atoms with van der Waals surface area (Å²) in [5, 5.41) is 2.80. The first-order chi connectivity index (χ1) is 14.1. The fourth-order valence-electron chi connectivity index (χ4n) is 3.60. The number of anilines is 1. The van der Waals surface area contributed by atoms with Crippen LogP contribution < -0.4 is 5.32 Å². The topological polar surface area (TPSA) is 70.2 Å². The minimum absolute atomic E-state index is 0.0619. The minimum Gasteiger partial charge on any atom is -0.378 e. The highest BCUT2D eigenvalue weighted by Crippen LogP contribution is 2.27. The van der Waals surface area contributed by atoms with Crippen LogP contribution in [-0.4, -0.2) is 40.5 Å². The number of H-pyrrole nitrogens is 1. The van der Waals surface area contributed by atoms with Crippen LogP contribution in [0, 0.1) is 6.92 Å². The van der Waals surface area contributed by atoms with E-state index in [2.05, 4.69) is 63.5 Å². The molecule has 4 rings (SSSR count). The largest absolute Gasteiger partial charge is 0.378 e. The standard InChI is InChI=1S/C23H26N4O2/c1-16-3-7-19(8-4-16)21-13-24-23(26-21)22-15-29-12-11-27(22)14-18-5-9-20(10-6-18)25-17(2)28/h3-10,13,22H,11-12,14-15H2,1-2H3,(H,24,26)(H,25,28). The SMILES string of the molecule is CC(=O)Nc1ccc(CN2CCOCC2c2ncc(-c3ccc(C)cc3)[nH]2)cc1. The molecule has 1 unspecified atom stereocenters. The van der Waals surface area contributed by atoms with E-state index in [4.69, 9.17) is 4.74 Å². The zero-order valence-electron chi connectivity index (χ0n) is 16.8. The van der Waals surface area contributed by atoms with Gasteiger partial charge in [-0.1, -0.05) is 42.0 Å². The molecule has 2 heterocycles. The number of aryl methyl sites for hydroxylation is 1. The molecule has 29 heavy (non-hydrogen) atoms. The van der Waals surface area contributed by atoms with Crippen molar-refractivity contribution in [2.45, 2.75) is 26.4 Å². The molecule has 2 N–H and O–H groups in total. The summed E-state index contributed by atoms with van der Waals surface area (Å²) in [5.41, 5.74) is 5.39. The lowest BCUT2D eigenvalue weighted by Gasteiger charge is -2.34. The molecule has 1 atom stereocenters. The van der Waals surface area contributed by atoms with Gasteiger partial charge < -0.3 is 15.0 Å². The Morgan fingerprint density at radius 1 is 1.21 bits per heavy atom. The Kier molecular flexibility index (Phi) is 5.74. The molecule has 150 valence electrons. The van der Waals surface area contributed by atoms with Gasteiger partial charge in [-0.15, -0.1) is 0 Å². The molecule has 6 heteroatoms. The van der Waals surface area contributed by atoms with Gasteiger partial charge in [0.1, 0.15) is 5.82 Å². The van der Waals surface area contributed by atoms with Crippen LogP contribution in [0.25, 0.3) is 11.3 Å². The molecule has 0 radical (unpaired) electrons. The van der Waals surface area contributed by atoms with Gasteiger partial charge in [-0.2, -0.15) is 0 Å². The molecule has 0 bridgehead atoms. The van der Waals surface area contributed by atoms with Crippen molar-refractivity contribution in [1.29, 1.82) is 0 Å². The van der Waals surface area contributed by atoms with Crippen molar-refractivity contribution < 1.29 is 9.53 Å². The van der Waals surface area contributed by atoms with Crippen molar-refractivity contribution >= 4 is 11.6 Å². The quantitative estimate of drug-likeness (QED) is 0.693. The van der Waals surface area contributed by atoms with Crippen LogP contribution >= 0.6 is 0 Å². The molecule has 1 amide bonds. The first-order valence-electron chi connectivity index (χ1n) is 9.89. The molecule has 0 spiro atoms. The number of carbonyl (C=O) groups excluding carboxylic acids is 1. The third-order valence-electron chi connectivity index (χ3n) is 5.17. The number of rotatable bonds is 5. The van der Waals surface area contributed by atoms with E-state index in [1.807, 2.05) is 18.3 Å². The second-order valence-electron chi connectivity index (χ2n) is 7.49. The summed E-state index contributed by atoms with van der Waals surface area (Å²) in [5.74, 6) is 0.864. The maximum absolute atomic E-state index is 11.2. The Morgan fingerprint density at radius 2 is 1.97 bits per heavy atom. The smallest absolute Gasteiger partial charge is 0.221 e.